The van der Waals surface area contributed by atoms with E-state index in [1.54, 1.807) is 13.1 Å². The summed E-state index contributed by atoms with van der Waals surface area (Å²) in [5.74, 6) is 0.418. The van der Waals surface area contributed by atoms with Gasteiger partial charge in [0.15, 0.2) is 11.0 Å². The predicted molar refractivity (Wildman–Crippen MR) is 87.0 cm³/mol. The largest absolute Gasteiger partial charge is 0.383 e. The van der Waals surface area contributed by atoms with Gasteiger partial charge in [-0.2, -0.15) is 0 Å². The summed E-state index contributed by atoms with van der Waals surface area (Å²) in [6.07, 6.45) is 4.09. The molecule has 0 spiro atoms. The van der Waals surface area contributed by atoms with Gasteiger partial charge in [-0.15, -0.1) is 0 Å². The summed E-state index contributed by atoms with van der Waals surface area (Å²) < 4.78 is 13.2. The van der Waals surface area contributed by atoms with Crippen molar-refractivity contribution in [2.45, 2.75) is 6.42 Å². The molecule has 22 heavy (non-hydrogen) atoms. The van der Waals surface area contributed by atoms with Gasteiger partial charge in [0.25, 0.3) is 0 Å². The molecule has 1 aromatic carbocycles. The molecule has 0 bridgehead atoms. The summed E-state index contributed by atoms with van der Waals surface area (Å²) in [5.41, 5.74) is 2.59. The van der Waals surface area contributed by atoms with E-state index >= 15 is 0 Å². The van der Waals surface area contributed by atoms with Crippen LogP contribution in [0.25, 0.3) is 10.9 Å². The third-order valence-corrected chi connectivity index (χ3v) is 3.75. The highest BCUT2D eigenvalue weighted by atomic mass is 35.5. The molecule has 114 valence electrons. The van der Waals surface area contributed by atoms with Gasteiger partial charge in [-0.25, -0.2) is 14.4 Å². The fourth-order valence-corrected chi connectivity index (χ4v) is 2.63. The molecule has 0 saturated carbocycles. The molecule has 2 heterocycles. The third-order valence-electron chi connectivity index (χ3n) is 3.47. The lowest BCUT2D eigenvalue weighted by Crippen LogP contribution is -2.09. The van der Waals surface area contributed by atoms with E-state index in [4.69, 9.17) is 11.6 Å². The molecule has 2 aromatic heterocycles. The molecule has 0 radical (unpaired) electrons. The van der Waals surface area contributed by atoms with E-state index in [2.05, 4.69) is 25.6 Å². The lowest BCUT2D eigenvalue weighted by atomic mass is 10.1. The van der Waals surface area contributed by atoms with Crippen molar-refractivity contribution >= 4 is 34.0 Å². The first-order valence-electron chi connectivity index (χ1n) is 6.86. The Morgan fingerprint density at radius 1 is 1.32 bits per heavy atom. The number of benzene rings is 1. The number of halogens is 2. The van der Waals surface area contributed by atoms with Crippen molar-refractivity contribution in [2.75, 3.05) is 24.2 Å². The van der Waals surface area contributed by atoms with Crippen LogP contribution in [0.2, 0.25) is 5.15 Å². The fraction of sp³-hybridized carbons (Fsp3) is 0.200. The monoisotopic (exact) mass is 319 g/mol. The number of hydrogen-bond acceptors (Lipinski definition) is 4. The first-order chi connectivity index (χ1) is 10.7. The second kappa shape index (κ2) is 6.19. The van der Waals surface area contributed by atoms with Crippen LogP contribution in [0, 0.1) is 5.82 Å². The minimum Gasteiger partial charge on any atom is -0.383 e. The number of aromatic amines is 1. The third kappa shape index (κ3) is 2.82. The zero-order chi connectivity index (χ0) is 15.5. The molecular formula is C15H15ClFN5. The Kier molecular flexibility index (Phi) is 4.11. The van der Waals surface area contributed by atoms with Crippen LogP contribution in [-0.2, 0) is 6.42 Å². The van der Waals surface area contributed by atoms with E-state index in [0.29, 0.717) is 23.2 Å². The number of fused-ring (bicyclic) bond motifs is 1. The van der Waals surface area contributed by atoms with E-state index in [1.165, 1.54) is 18.5 Å². The Labute approximate surface area is 131 Å². The second-order valence-corrected chi connectivity index (χ2v) is 5.18. The van der Waals surface area contributed by atoms with Crippen molar-refractivity contribution in [2.24, 2.45) is 0 Å². The number of rotatable bonds is 5. The van der Waals surface area contributed by atoms with E-state index < -0.39 is 0 Å². The second-order valence-electron chi connectivity index (χ2n) is 4.82. The Morgan fingerprint density at radius 2 is 2.18 bits per heavy atom. The predicted octanol–water partition coefficient (Wildman–Crippen LogP) is 3.45. The highest BCUT2D eigenvalue weighted by molar-refractivity contribution is 6.32. The first-order valence-corrected chi connectivity index (χ1v) is 7.24. The highest BCUT2D eigenvalue weighted by Gasteiger charge is 2.08. The van der Waals surface area contributed by atoms with Crippen molar-refractivity contribution in [1.82, 2.24) is 15.0 Å². The molecular weight excluding hydrogens is 305 g/mol. The van der Waals surface area contributed by atoms with E-state index in [9.17, 15) is 4.39 Å². The summed E-state index contributed by atoms with van der Waals surface area (Å²) in [5, 5.41) is 7.61. The normalized spacial score (nSPS) is 10.9. The van der Waals surface area contributed by atoms with Crippen LogP contribution in [0.1, 0.15) is 5.56 Å². The van der Waals surface area contributed by atoms with Crippen LogP contribution in [0.5, 0.6) is 0 Å². The number of nitrogens with zero attached hydrogens (tertiary/aromatic N) is 2. The maximum atomic E-state index is 13.2. The summed E-state index contributed by atoms with van der Waals surface area (Å²) in [6.45, 7) is 0.673. The SMILES string of the molecule is CNc1c(Cl)ncnc1NCCc1c[nH]c2cc(F)ccc12. The molecule has 0 aliphatic rings. The van der Waals surface area contributed by atoms with Gasteiger partial charge in [0.1, 0.15) is 17.8 Å². The Hall–Kier alpha value is -2.34. The van der Waals surface area contributed by atoms with Crippen LogP contribution in [-0.4, -0.2) is 28.5 Å². The molecule has 0 aliphatic heterocycles. The molecule has 0 unspecified atom stereocenters. The minimum atomic E-state index is -0.242. The molecule has 5 nitrogen and oxygen atoms in total. The van der Waals surface area contributed by atoms with Crippen molar-refractivity contribution in [3.05, 3.63) is 47.3 Å². The fourth-order valence-electron chi connectivity index (χ4n) is 2.40. The quantitative estimate of drug-likeness (QED) is 0.630. The molecule has 0 atom stereocenters. The Bertz CT molecular complexity index is 802. The lowest BCUT2D eigenvalue weighted by Gasteiger charge is -2.10. The highest BCUT2D eigenvalue weighted by Crippen LogP contribution is 2.25. The zero-order valence-corrected chi connectivity index (χ0v) is 12.7. The standard InChI is InChI=1S/C15H15ClFN5/c1-18-13-14(16)21-8-22-15(13)19-5-4-9-7-20-12-6-10(17)2-3-11(9)12/h2-3,6-8,18,20H,4-5H2,1H3,(H,19,21,22). The van der Waals surface area contributed by atoms with Crippen molar-refractivity contribution in [3.8, 4) is 0 Å². The average molecular weight is 320 g/mol. The van der Waals surface area contributed by atoms with Gasteiger partial charge in [0.05, 0.1) is 0 Å². The van der Waals surface area contributed by atoms with Gasteiger partial charge in [0.2, 0.25) is 0 Å². The smallest absolute Gasteiger partial charge is 0.157 e. The Balaban J connectivity index is 1.71. The molecule has 3 aromatic rings. The number of nitrogens with one attached hydrogen (secondary N) is 3. The van der Waals surface area contributed by atoms with E-state index in [0.717, 1.165) is 22.9 Å². The van der Waals surface area contributed by atoms with Crippen molar-refractivity contribution < 1.29 is 4.39 Å². The van der Waals surface area contributed by atoms with E-state index in [1.807, 2.05) is 6.20 Å². The summed E-state index contributed by atoms with van der Waals surface area (Å²) in [4.78, 5) is 11.2. The average Bonchev–Trinajstić information content (AvgIpc) is 2.90. The van der Waals surface area contributed by atoms with Gasteiger partial charge in [-0.3, -0.25) is 0 Å². The topological polar surface area (TPSA) is 65.6 Å². The summed E-state index contributed by atoms with van der Waals surface area (Å²) >= 11 is 6.01. The lowest BCUT2D eigenvalue weighted by molar-refractivity contribution is 0.629. The molecule has 0 saturated heterocycles. The number of anilines is 2. The van der Waals surface area contributed by atoms with E-state index in [-0.39, 0.29) is 5.82 Å². The van der Waals surface area contributed by atoms with Crippen LogP contribution >= 0.6 is 11.6 Å². The van der Waals surface area contributed by atoms with Gasteiger partial charge < -0.3 is 15.6 Å². The molecule has 0 amide bonds. The molecule has 3 rings (SSSR count). The minimum absolute atomic E-state index is 0.242. The van der Waals surface area contributed by atoms with Crippen molar-refractivity contribution in [1.29, 1.82) is 0 Å². The van der Waals surface area contributed by atoms with Gasteiger partial charge in [0, 0.05) is 30.7 Å². The molecule has 3 N–H and O–H groups in total. The van der Waals surface area contributed by atoms with Gasteiger partial charge in [-0.05, 0) is 30.2 Å². The summed E-state index contributed by atoms with van der Waals surface area (Å²) in [7, 11) is 1.77. The first kappa shape index (κ1) is 14.6. The van der Waals surface area contributed by atoms with Crippen LogP contribution in [0.3, 0.4) is 0 Å². The van der Waals surface area contributed by atoms with Crippen LogP contribution < -0.4 is 10.6 Å². The number of aromatic nitrogens is 3. The zero-order valence-electron chi connectivity index (χ0n) is 12.0. The summed E-state index contributed by atoms with van der Waals surface area (Å²) in [6, 6.07) is 4.75. The van der Waals surface area contributed by atoms with Crippen LogP contribution in [0.4, 0.5) is 15.9 Å². The van der Waals surface area contributed by atoms with Crippen LogP contribution in [0.15, 0.2) is 30.7 Å². The maximum absolute atomic E-state index is 13.2. The maximum Gasteiger partial charge on any atom is 0.157 e. The molecule has 0 fully saturated rings. The number of hydrogen-bond donors (Lipinski definition) is 3. The van der Waals surface area contributed by atoms with Crippen molar-refractivity contribution in [3.63, 3.8) is 0 Å². The molecule has 7 heteroatoms. The Morgan fingerprint density at radius 3 is 3.00 bits per heavy atom. The molecule has 0 aliphatic carbocycles. The van der Waals surface area contributed by atoms with Gasteiger partial charge in [-0.1, -0.05) is 11.6 Å². The number of H-pyrrole nitrogens is 1. The van der Waals surface area contributed by atoms with Gasteiger partial charge >= 0.3 is 0 Å².